The lowest BCUT2D eigenvalue weighted by molar-refractivity contribution is 0.0697. The molecule has 2 aliphatic rings. The quantitative estimate of drug-likeness (QED) is 0.650. The molecule has 0 spiro atoms. The number of carbonyl (C=O) groups excluding carboxylic acids is 1. The molecule has 0 unspecified atom stereocenters. The van der Waals surface area contributed by atoms with Gasteiger partial charge in [0.2, 0.25) is 0 Å². The van der Waals surface area contributed by atoms with E-state index in [1.807, 2.05) is 29.2 Å². The molecule has 8 heteroatoms. The molecule has 1 amide bonds. The first-order valence-corrected chi connectivity index (χ1v) is 13.7. The molecule has 184 valence electrons. The highest BCUT2D eigenvalue weighted by Crippen LogP contribution is 2.31. The highest BCUT2D eigenvalue weighted by Gasteiger charge is 2.25. The summed E-state index contributed by atoms with van der Waals surface area (Å²) in [6.07, 6.45) is 1.99. The fourth-order valence-electron chi connectivity index (χ4n) is 4.56. The van der Waals surface area contributed by atoms with Crippen molar-refractivity contribution in [2.45, 2.75) is 44.4 Å². The second-order valence-electron chi connectivity index (χ2n) is 9.77. The van der Waals surface area contributed by atoms with Gasteiger partial charge in [0.25, 0.3) is 15.9 Å². The zero-order chi connectivity index (χ0) is 24.3. The summed E-state index contributed by atoms with van der Waals surface area (Å²) in [5.41, 5.74) is 2.85. The van der Waals surface area contributed by atoms with Crippen molar-refractivity contribution in [1.82, 2.24) is 10.2 Å². The Hall–Kier alpha value is -2.58. The molecule has 7 nitrogen and oxygen atoms in total. The topological polar surface area (TPSA) is 81.8 Å². The van der Waals surface area contributed by atoms with Gasteiger partial charge in [-0.05, 0) is 60.6 Å². The molecule has 4 rings (SSSR count). The summed E-state index contributed by atoms with van der Waals surface area (Å²) in [7, 11) is -3.81. The van der Waals surface area contributed by atoms with E-state index in [9.17, 15) is 13.2 Å². The van der Waals surface area contributed by atoms with Gasteiger partial charge in [-0.15, -0.1) is 0 Å². The summed E-state index contributed by atoms with van der Waals surface area (Å²) in [5.74, 6) is 0.911. The molecule has 0 saturated carbocycles. The Bertz CT molecular complexity index is 1100. The largest absolute Gasteiger partial charge is 0.367 e. The van der Waals surface area contributed by atoms with Gasteiger partial charge < -0.3 is 15.1 Å². The fraction of sp³-hybridized carbons (Fsp3) is 0.500. The van der Waals surface area contributed by atoms with Crippen LogP contribution in [0.3, 0.4) is 0 Å². The Morgan fingerprint density at radius 1 is 1.00 bits per heavy atom. The third kappa shape index (κ3) is 5.55. The number of rotatable bonds is 6. The lowest BCUT2D eigenvalue weighted by Gasteiger charge is -2.32. The zero-order valence-electron chi connectivity index (χ0n) is 20.4. The van der Waals surface area contributed by atoms with Crippen LogP contribution in [0.1, 0.15) is 55.5 Å². The van der Waals surface area contributed by atoms with E-state index < -0.39 is 10.0 Å². The van der Waals surface area contributed by atoms with Crippen LogP contribution in [0.2, 0.25) is 0 Å². The van der Waals surface area contributed by atoms with E-state index in [0.717, 1.165) is 63.4 Å². The third-order valence-electron chi connectivity index (χ3n) is 6.87. The average molecular weight is 485 g/mol. The fourth-order valence-corrected chi connectivity index (χ4v) is 5.63. The van der Waals surface area contributed by atoms with Crippen molar-refractivity contribution in [3.63, 3.8) is 0 Å². The summed E-state index contributed by atoms with van der Waals surface area (Å²) in [4.78, 5) is 17.5. The number of piperidine rings is 1. The minimum absolute atomic E-state index is 0.0412. The van der Waals surface area contributed by atoms with Crippen LogP contribution in [0.25, 0.3) is 0 Å². The van der Waals surface area contributed by atoms with E-state index in [-0.39, 0.29) is 10.8 Å². The summed E-state index contributed by atoms with van der Waals surface area (Å²) >= 11 is 0. The number of nitrogens with one attached hydrogen (secondary N) is 2. The molecule has 0 bridgehead atoms. The van der Waals surface area contributed by atoms with Gasteiger partial charge in [-0.3, -0.25) is 9.52 Å². The van der Waals surface area contributed by atoms with Crippen LogP contribution in [-0.2, 0) is 10.0 Å². The normalized spacial score (nSPS) is 17.8. The second-order valence-corrected chi connectivity index (χ2v) is 11.5. The van der Waals surface area contributed by atoms with Crippen LogP contribution >= 0.6 is 0 Å². The van der Waals surface area contributed by atoms with Crippen LogP contribution < -0.4 is 14.9 Å². The zero-order valence-corrected chi connectivity index (χ0v) is 21.2. The minimum Gasteiger partial charge on any atom is -0.367 e. The highest BCUT2D eigenvalue weighted by atomic mass is 32.2. The second kappa shape index (κ2) is 10.4. The molecule has 0 radical (unpaired) electrons. The van der Waals surface area contributed by atoms with Crippen molar-refractivity contribution >= 4 is 27.3 Å². The molecular formula is C26H36N4O3S. The molecule has 2 aromatic carbocycles. The highest BCUT2D eigenvalue weighted by molar-refractivity contribution is 7.92. The number of piperazine rings is 1. The van der Waals surface area contributed by atoms with E-state index in [4.69, 9.17) is 0 Å². The van der Waals surface area contributed by atoms with Gasteiger partial charge in [0.05, 0.1) is 16.3 Å². The number of anilines is 2. The molecule has 0 atom stereocenters. The van der Waals surface area contributed by atoms with Gasteiger partial charge in [-0.2, -0.15) is 0 Å². The van der Waals surface area contributed by atoms with Crippen LogP contribution in [-0.4, -0.2) is 58.5 Å². The number of benzene rings is 2. The summed E-state index contributed by atoms with van der Waals surface area (Å²) in [6.45, 7) is 11.0. The Kier molecular flexibility index (Phi) is 7.48. The Balaban J connectivity index is 1.64. The molecule has 2 aliphatic heterocycles. The first kappa shape index (κ1) is 24.5. The Labute approximate surface area is 203 Å². The third-order valence-corrected chi connectivity index (χ3v) is 8.25. The minimum atomic E-state index is -3.81. The first-order chi connectivity index (χ1) is 16.2. The monoisotopic (exact) mass is 484 g/mol. The predicted octanol–water partition coefficient (Wildman–Crippen LogP) is 3.89. The van der Waals surface area contributed by atoms with Crippen molar-refractivity contribution in [2.24, 2.45) is 5.92 Å². The van der Waals surface area contributed by atoms with Gasteiger partial charge in [0, 0.05) is 44.8 Å². The van der Waals surface area contributed by atoms with Crippen molar-refractivity contribution in [2.75, 3.05) is 48.9 Å². The van der Waals surface area contributed by atoms with Crippen molar-refractivity contribution in [3.05, 3.63) is 53.6 Å². The maximum Gasteiger partial charge on any atom is 0.261 e. The molecule has 2 fully saturated rings. The maximum atomic E-state index is 13.3. The Morgan fingerprint density at radius 2 is 1.65 bits per heavy atom. The molecule has 2 heterocycles. The van der Waals surface area contributed by atoms with Gasteiger partial charge in [-0.25, -0.2) is 8.42 Å². The number of hydrogen-bond donors (Lipinski definition) is 2. The van der Waals surface area contributed by atoms with Crippen LogP contribution in [0.5, 0.6) is 0 Å². The molecule has 0 aromatic heterocycles. The van der Waals surface area contributed by atoms with E-state index in [1.165, 1.54) is 0 Å². The van der Waals surface area contributed by atoms with E-state index in [0.29, 0.717) is 23.1 Å². The average Bonchev–Trinajstić information content (AvgIpc) is 2.84. The predicted molar refractivity (Wildman–Crippen MR) is 137 cm³/mol. The van der Waals surface area contributed by atoms with E-state index in [1.54, 1.807) is 18.2 Å². The number of carbonyl (C=O) groups is 1. The van der Waals surface area contributed by atoms with Crippen LogP contribution in [0, 0.1) is 5.92 Å². The lowest BCUT2D eigenvalue weighted by atomic mass is 9.98. The van der Waals surface area contributed by atoms with Crippen molar-refractivity contribution in [1.29, 1.82) is 0 Å². The SMILES string of the molecule is CC1CCN(C(=O)c2ccc(N3CCNCC3)c(NS(=O)(=O)c3ccc(C(C)C)cc3)c2)CC1. The van der Waals surface area contributed by atoms with Crippen molar-refractivity contribution < 1.29 is 13.2 Å². The van der Waals surface area contributed by atoms with E-state index >= 15 is 0 Å². The standard InChI is InChI=1S/C26H36N4O3S/c1-19(2)21-4-7-23(8-5-21)34(32,33)28-24-18-22(26(31)30-14-10-20(3)11-15-30)6-9-25(24)29-16-12-27-13-17-29/h4-9,18-20,27-28H,10-17H2,1-3H3. The number of nitrogens with zero attached hydrogens (tertiary/aromatic N) is 2. The molecule has 2 aromatic rings. The summed E-state index contributed by atoms with van der Waals surface area (Å²) in [5, 5.41) is 3.33. The lowest BCUT2D eigenvalue weighted by Crippen LogP contribution is -2.44. The van der Waals surface area contributed by atoms with Gasteiger partial charge in [0.15, 0.2) is 0 Å². The van der Waals surface area contributed by atoms with Gasteiger partial charge >= 0.3 is 0 Å². The van der Waals surface area contributed by atoms with Gasteiger partial charge in [-0.1, -0.05) is 32.9 Å². The van der Waals surface area contributed by atoms with Crippen LogP contribution in [0.4, 0.5) is 11.4 Å². The molecular weight excluding hydrogens is 448 g/mol. The summed E-state index contributed by atoms with van der Waals surface area (Å²) in [6, 6.07) is 12.4. The molecule has 2 N–H and O–H groups in total. The maximum absolute atomic E-state index is 13.3. The number of amides is 1. The molecule has 34 heavy (non-hydrogen) atoms. The van der Waals surface area contributed by atoms with Gasteiger partial charge in [0.1, 0.15) is 0 Å². The summed E-state index contributed by atoms with van der Waals surface area (Å²) < 4.78 is 29.4. The number of likely N-dealkylation sites (tertiary alicyclic amines) is 1. The van der Waals surface area contributed by atoms with Crippen LogP contribution in [0.15, 0.2) is 47.4 Å². The van der Waals surface area contributed by atoms with Crippen molar-refractivity contribution in [3.8, 4) is 0 Å². The Morgan fingerprint density at radius 3 is 2.26 bits per heavy atom. The number of hydrogen-bond acceptors (Lipinski definition) is 5. The molecule has 2 saturated heterocycles. The smallest absolute Gasteiger partial charge is 0.261 e. The van der Waals surface area contributed by atoms with E-state index in [2.05, 4.69) is 35.7 Å². The molecule has 0 aliphatic carbocycles. The first-order valence-electron chi connectivity index (χ1n) is 12.3. The number of sulfonamides is 1.